The molecule has 0 amide bonds. The van der Waals surface area contributed by atoms with Gasteiger partial charge in [-0.1, -0.05) is 60.7 Å². The molecule has 2 aromatic carbocycles. The van der Waals surface area contributed by atoms with Crippen molar-refractivity contribution in [2.24, 2.45) is 0 Å². The van der Waals surface area contributed by atoms with Gasteiger partial charge in [-0.3, -0.25) is 0 Å². The van der Waals surface area contributed by atoms with E-state index in [0.29, 0.717) is 12.5 Å². The lowest BCUT2D eigenvalue weighted by Crippen LogP contribution is -2.26. The van der Waals surface area contributed by atoms with Crippen LogP contribution < -0.4 is 5.32 Å². The number of rotatable bonds is 9. The second-order valence-electron chi connectivity index (χ2n) is 6.31. The van der Waals surface area contributed by atoms with Gasteiger partial charge in [-0.15, -0.1) is 0 Å². The lowest BCUT2D eigenvalue weighted by atomic mass is 9.96. The van der Waals surface area contributed by atoms with Gasteiger partial charge in [0.2, 0.25) is 0 Å². The molecule has 3 heteroatoms. The van der Waals surface area contributed by atoms with Crippen molar-refractivity contribution in [1.82, 2.24) is 5.32 Å². The van der Waals surface area contributed by atoms with E-state index >= 15 is 0 Å². The molecule has 1 atom stereocenters. The quantitative estimate of drug-likeness (QED) is 0.694. The van der Waals surface area contributed by atoms with E-state index in [2.05, 4.69) is 53.8 Å². The summed E-state index contributed by atoms with van der Waals surface area (Å²) < 4.78 is 5.47. The van der Waals surface area contributed by atoms with Crippen molar-refractivity contribution in [2.45, 2.75) is 38.5 Å². The van der Waals surface area contributed by atoms with Gasteiger partial charge in [0.25, 0.3) is 0 Å². The predicted molar refractivity (Wildman–Crippen MR) is 94.2 cm³/mol. The first kappa shape index (κ1) is 17.7. The summed E-state index contributed by atoms with van der Waals surface area (Å²) in [5, 5.41) is 13.2. The van der Waals surface area contributed by atoms with Crippen molar-refractivity contribution < 1.29 is 9.84 Å². The molecular formula is C20H27NO2. The summed E-state index contributed by atoms with van der Waals surface area (Å²) in [5.41, 5.74) is 2.58. The molecular weight excluding hydrogens is 286 g/mol. The molecule has 0 heterocycles. The van der Waals surface area contributed by atoms with Crippen LogP contribution in [0.15, 0.2) is 60.7 Å². The van der Waals surface area contributed by atoms with E-state index in [1.807, 2.05) is 12.1 Å². The fraction of sp³-hybridized carbons (Fsp3) is 0.400. The van der Waals surface area contributed by atoms with Crippen LogP contribution in [0.2, 0.25) is 0 Å². The van der Waals surface area contributed by atoms with Gasteiger partial charge in [0.1, 0.15) is 0 Å². The first-order valence-electron chi connectivity index (χ1n) is 8.20. The molecule has 0 saturated carbocycles. The maximum atomic E-state index is 9.69. The minimum Gasteiger partial charge on any atom is -0.366 e. The van der Waals surface area contributed by atoms with Crippen LogP contribution in [-0.4, -0.2) is 24.0 Å². The smallest absolute Gasteiger partial charge is 0.159 e. The van der Waals surface area contributed by atoms with Crippen LogP contribution >= 0.6 is 0 Å². The molecule has 0 radical (unpaired) electrons. The second-order valence-corrected chi connectivity index (χ2v) is 6.31. The Labute approximate surface area is 139 Å². The van der Waals surface area contributed by atoms with Crippen molar-refractivity contribution in [3.63, 3.8) is 0 Å². The van der Waals surface area contributed by atoms with Crippen LogP contribution in [0.3, 0.4) is 0 Å². The SMILES string of the molecule is CC(C)(O)OCC[C@@H](CNCc1ccccc1)c1ccccc1. The highest BCUT2D eigenvalue weighted by Crippen LogP contribution is 2.20. The zero-order valence-corrected chi connectivity index (χ0v) is 14.0. The average molecular weight is 313 g/mol. The minimum atomic E-state index is -1.07. The van der Waals surface area contributed by atoms with Crippen molar-refractivity contribution >= 4 is 0 Å². The normalized spacial score (nSPS) is 13.0. The highest BCUT2D eigenvalue weighted by atomic mass is 16.6. The largest absolute Gasteiger partial charge is 0.366 e. The van der Waals surface area contributed by atoms with Crippen LogP contribution in [0.25, 0.3) is 0 Å². The Morgan fingerprint density at radius 3 is 2.22 bits per heavy atom. The van der Waals surface area contributed by atoms with Gasteiger partial charge in [-0.05, 0) is 37.3 Å². The number of benzene rings is 2. The second kappa shape index (κ2) is 8.82. The first-order valence-corrected chi connectivity index (χ1v) is 8.20. The van der Waals surface area contributed by atoms with Crippen molar-refractivity contribution in [3.8, 4) is 0 Å². The van der Waals surface area contributed by atoms with E-state index < -0.39 is 5.79 Å². The van der Waals surface area contributed by atoms with E-state index in [0.717, 1.165) is 19.5 Å². The zero-order valence-electron chi connectivity index (χ0n) is 14.0. The maximum Gasteiger partial charge on any atom is 0.159 e. The molecule has 0 unspecified atom stereocenters. The average Bonchev–Trinajstić information content (AvgIpc) is 2.54. The lowest BCUT2D eigenvalue weighted by Gasteiger charge is -2.22. The molecule has 0 aliphatic carbocycles. The molecule has 0 aliphatic heterocycles. The molecule has 2 aromatic rings. The van der Waals surface area contributed by atoms with Gasteiger partial charge in [0.05, 0.1) is 6.61 Å². The van der Waals surface area contributed by atoms with Crippen molar-refractivity contribution in [3.05, 3.63) is 71.8 Å². The first-order chi connectivity index (χ1) is 11.0. The highest BCUT2D eigenvalue weighted by molar-refractivity contribution is 5.20. The van der Waals surface area contributed by atoms with Crippen LogP contribution in [0, 0.1) is 0 Å². The summed E-state index contributed by atoms with van der Waals surface area (Å²) in [4.78, 5) is 0. The molecule has 124 valence electrons. The molecule has 0 fully saturated rings. The number of aliphatic hydroxyl groups is 1. The molecule has 0 spiro atoms. The van der Waals surface area contributed by atoms with Crippen LogP contribution in [-0.2, 0) is 11.3 Å². The Bertz CT molecular complexity index is 549. The van der Waals surface area contributed by atoms with Crippen molar-refractivity contribution in [2.75, 3.05) is 13.2 Å². The Balaban J connectivity index is 1.88. The molecule has 0 bridgehead atoms. The third-order valence-corrected chi connectivity index (χ3v) is 3.76. The number of hydrogen-bond donors (Lipinski definition) is 2. The van der Waals surface area contributed by atoms with Gasteiger partial charge in [-0.25, -0.2) is 0 Å². The molecule has 0 aliphatic rings. The summed E-state index contributed by atoms with van der Waals surface area (Å²) in [5.74, 6) is -0.708. The Morgan fingerprint density at radius 1 is 1.00 bits per heavy atom. The fourth-order valence-corrected chi connectivity index (χ4v) is 2.55. The van der Waals surface area contributed by atoms with Gasteiger partial charge in [0.15, 0.2) is 5.79 Å². The predicted octanol–water partition coefficient (Wildman–Crippen LogP) is 3.70. The fourth-order valence-electron chi connectivity index (χ4n) is 2.55. The number of ether oxygens (including phenoxy) is 1. The van der Waals surface area contributed by atoms with Gasteiger partial charge >= 0.3 is 0 Å². The minimum absolute atomic E-state index is 0.363. The zero-order chi connectivity index (χ0) is 16.5. The van der Waals surface area contributed by atoms with E-state index in [1.54, 1.807) is 13.8 Å². The molecule has 2 N–H and O–H groups in total. The van der Waals surface area contributed by atoms with E-state index in [1.165, 1.54) is 11.1 Å². The van der Waals surface area contributed by atoms with E-state index in [4.69, 9.17) is 4.74 Å². The molecule has 2 rings (SSSR count). The van der Waals surface area contributed by atoms with Gasteiger partial charge < -0.3 is 15.2 Å². The standard InChI is InChI=1S/C20H27NO2/c1-20(2,22)23-14-13-19(18-11-7-4-8-12-18)16-21-15-17-9-5-3-6-10-17/h3-12,19,21-22H,13-16H2,1-2H3/t19-/m0/s1. The summed E-state index contributed by atoms with van der Waals surface area (Å²) in [7, 11) is 0. The monoisotopic (exact) mass is 313 g/mol. The Kier molecular flexibility index (Phi) is 6.78. The van der Waals surface area contributed by atoms with Crippen LogP contribution in [0.4, 0.5) is 0 Å². The molecule has 0 saturated heterocycles. The summed E-state index contributed by atoms with van der Waals surface area (Å²) in [6.45, 7) is 5.61. The van der Waals surface area contributed by atoms with Gasteiger partial charge in [0, 0.05) is 13.1 Å². The molecule has 3 nitrogen and oxygen atoms in total. The third-order valence-electron chi connectivity index (χ3n) is 3.76. The maximum absolute atomic E-state index is 9.69. The summed E-state index contributed by atoms with van der Waals surface area (Å²) in [6.07, 6.45) is 0.871. The third kappa shape index (κ3) is 6.95. The van der Waals surface area contributed by atoms with Gasteiger partial charge in [-0.2, -0.15) is 0 Å². The summed E-state index contributed by atoms with van der Waals surface area (Å²) >= 11 is 0. The Morgan fingerprint density at radius 2 is 1.61 bits per heavy atom. The van der Waals surface area contributed by atoms with E-state index in [-0.39, 0.29) is 0 Å². The van der Waals surface area contributed by atoms with Crippen LogP contribution in [0.5, 0.6) is 0 Å². The highest BCUT2D eigenvalue weighted by Gasteiger charge is 2.16. The summed E-state index contributed by atoms with van der Waals surface area (Å²) in [6, 6.07) is 20.9. The van der Waals surface area contributed by atoms with E-state index in [9.17, 15) is 5.11 Å². The van der Waals surface area contributed by atoms with Crippen LogP contribution in [0.1, 0.15) is 37.3 Å². The molecule has 23 heavy (non-hydrogen) atoms. The number of nitrogens with one attached hydrogen (secondary N) is 1. The Hall–Kier alpha value is -1.68. The topological polar surface area (TPSA) is 41.5 Å². The molecule has 0 aromatic heterocycles. The van der Waals surface area contributed by atoms with Crippen molar-refractivity contribution in [1.29, 1.82) is 0 Å². The number of hydrogen-bond acceptors (Lipinski definition) is 3. The lowest BCUT2D eigenvalue weighted by molar-refractivity contribution is -0.176.